The molecule has 1 N–H and O–H groups in total. The summed E-state index contributed by atoms with van der Waals surface area (Å²) in [7, 11) is 3.44. The number of nitrogens with one attached hydrogen (secondary N) is 1. The first-order chi connectivity index (χ1) is 21.8. The van der Waals surface area contributed by atoms with E-state index in [2.05, 4.69) is 36.0 Å². The molecule has 1 aromatic heterocycles. The SMILES string of the molecule is CCN1CC(CCOC)=Nc2cnc3cc(OCCOCCNC(=O)CCN4C(=O)C=CC4=O)ccc3c21.COCCC(C)C. The van der Waals surface area contributed by atoms with Crippen LogP contribution < -0.4 is 15.0 Å². The molecule has 2 aliphatic rings. The number of aromatic nitrogens is 1. The number of methoxy groups -OCH3 is 2. The second-order valence-electron chi connectivity index (χ2n) is 11.0. The van der Waals surface area contributed by atoms with Crippen molar-refractivity contribution in [3.8, 4) is 5.75 Å². The highest BCUT2D eigenvalue weighted by atomic mass is 16.5. The van der Waals surface area contributed by atoms with Gasteiger partial charge in [0.2, 0.25) is 5.91 Å². The first kappa shape index (κ1) is 35.6. The van der Waals surface area contributed by atoms with Gasteiger partial charge < -0.3 is 29.2 Å². The fourth-order valence-electron chi connectivity index (χ4n) is 4.67. The number of hydrogen-bond donors (Lipinski definition) is 1. The van der Waals surface area contributed by atoms with Crippen LogP contribution in [0, 0.1) is 5.92 Å². The number of amides is 3. The second-order valence-corrected chi connectivity index (χ2v) is 11.0. The van der Waals surface area contributed by atoms with Crippen molar-refractivity contribution in [1.29, 1.82) is 0 Å². The summed E-state index contributed by atoms with van der Waals surface area (Å²) in [6.07, 6.45) is 6.24. The number of pyridine rings is 1. The summed E-state index contributed by atoms with van der Waals surface area (Å²) in [5, 5.41) is 3.74. The smallest absolute Gasteiger partial charge is 0.253 e. The summed E-state index contributed by atoms with van der Waals surface area (Å²) in [5.41, 5.74) is 3.90. The third kappa shape index (κ3) is 11.2. The largest absolute Gasteiger partial charge is 0.491 e. The molecule has 45 heavy (non-hydrogen) atoms. The molecule has 0 atom stereocenters. The summed E-state index contributed by atoms with van der Waals surface area (Å²) in [4.78, 5) is 47.7. The summed E-state index contributed by atoms with van der Waals surface area (Å²) in [6.45, 7) is 11.1. The van der Waals surface area contributed by atoms with Crippen LogP contribution in [0.4, 0.5) is 11.4 Å². The summed E-state index contributed by atoms with van der Waals surface area (Å²) < 4.78 is 21.4. The summed E-state index contributed by atoms with van der Waals surface area (Å²) in [5.74, 6) is 0.446. The standard InChI is InChI=1S/C27H33N5O6.C6H14O/c1-3-31-18-19(9-12-36-2)30-23-17-29-22-16-20(4-5-21(22)27(23)31)38-15-14-37-13-10-28-24(33)8-11-32-25(34)6-7-26(32)35;1-6(2)4-5-7-3/h4-7,16-17H,3,8-15,18H2,1-2H3,(H,28,33);6H,4-5H2,1-3H3. The van der Waals surface area contributed by atoms with Gasteiger partial charge in [-0.1, -0.05) is 13.8 Å². The van der Waals surface area contributed by atoms with Crippen LogP contribution in [0.2, 0.25) is 0 Å². The Kier molecular flexibility index (Phi) is 14.9. The van der Waals surface area contributed by atoms with Crippen molar-refractivity contribution in [1.82, 2.24) is 15.2 Å². The molecular formula is C33H47N5O7. The number of aliphatic imine (C=N–C) groups is 1. The number of fused-ring (bicyclic) bond motifs is 3. The van der Waals surface area contributed by atoms with Crippen molar-refractivity contribution in [3.63, 3.8) is 0 Å². The minimum absolute atomic E-state index is 0.0544. The molecule has 0 spiro atoms. The molecule has 1 aromatic carbocycles. The van der Waals surface area contributed by atoms with Gasteiger partial charge in [-0.2, -0.15) is 0 Å². The zero-order chi connectivity index (χ0) is 32.6. The Labute approximate surface area is 265 Å². The maximum atomic E-state index is 11.9. The molecule has 0 saturated heterocycles. The lowest BCUT2D eigenvalue weighted by atomic mass is 10.1. The quantitative estimate of drug-likeness (QED) is 0.207. The molecule has 12 nitrogen and oxygen atoms in total. The molecule has 2 aliphatic heterocycles. The molecule has 3 heterocycles. The van der Waals surface area contributed by atoms with E-state index in [9.17, 15) is 14.4 Å². The Morgan fingerprint density at radius 2 is 1.78 bits per heavy atom. The van der Waals surface area contributed by atoms with Crippen LogP contribution in [-0.2, 0) is 28.6 Å². The van der Waals surface area contributed by atoms with E-state index in [1.165, 1.54) is 18.6 Å². The second kappa shape index (κ2) is 18.8. The van der Waals surface area contributed by atoms with Gasteiger partial charge in [0.05, 0.1) is 43.8 Å². The zero-order valence-electron chi connectivity index (χ0n) is 27.2. The number of anilines is 1. The van der Waals surface area contributed by atoms with E-state index in [0.29, 0.717) is 38.7 Å². The van der Waals surface area contributed by atoms with Gasteiger partial charge in [0.25, 0.3) is 11.8 Å². The lowest BCUT2D eigenvalue weighted by molar-refractivity contribution is -0.137. The van der Waals surface area contributed by atoms with E-state index in [-0.39, 0.29) is 18.9 Å². The fraction of sp³-hybridized carbons (Fsp3) is 0.545. The zero-order valence-corrected chi connectivity index (χ0v) is 27.2. The fourth-order valence-corrected chi connectivity index (χ4v) is 4.67. The number of nitrogens with zero attached hydrogens (tertiary/aromatic N) is 4. The summed E-state index contributed by atoms with van der Waals surface area (Å²) in [6, 6.07) is 5.86. The predicted molar refractivity (Wildman–Crippen MR) is 174 cm³/mol. The van der Waals surface area contributed by atoms with Crippen LogP contribution in [0.3, 0.4) is 0 Å². The van der Waals surface area contributed by atoms with E-state index < -0.39 is 11.8 Å². The van der Waals surface area contributed by atoms with Crippen LogP contribution in [0.15, 0.2) is 41.5 Å². The maximum Gasteiger partial charge on any atom is 0.253 e. The molecule has 0 fully saturated rings. The lowest BCUT2D eigenvalue weighted by Gasteiger charge is -2.30. The average molecular weight is 626 g/mol. The maximum absolute atomic E-state index is 11.9. The van der Waals surface area contributed by atoms with Crippen molar-refractivity contribution < 1.29 is 33.3 Å². The minimum atomic E-state index is -0.392. The highest BCUT2D eigenvalue weighted by Gasteiger charge is 2.24. The molecule has 3 amide bonds. The molecule has 246 valence electrons. The normalized spacial score (nSPS) is 14.0. The Bertz CT molecular complexity index is 1330. The molecule has 12 heteroatoms. The van der Waals surface area contributed by atoms with E-state index in [0.717, 1.165) is 64.9 Å². The Morgan fingerprint density at radius 1 is 1.02 bits per heavy atom. The number of benzene rings is 1. The highest BCUT2D eigenvalue weighted by Crippen LogP contribution is 2.39. The molecule has 2 aromatic rings. The average Bonchev–Trinajstić information content (AvgIpc) is 3.36. The summed E-state index contributed by atoms with van der Waals surface area (Å²) >= 11 is 0. The van der Waals surface area contributed by atoms with Crippen LogP contribution in [-0.4, -0.2) is 107 Å². The topological polar surface area (TPSA) is 132 Å². The molecule has 0 unspecified atom stereocenters. The number of ether oxygens (including phenoxy) is 4. The van der Waals surface area contributed by atoms with Crippen LogP contribution >= 0.6 is 0 Å². The third-order valence-corrected chi connectivity index (χ3v) is 7.16. The highest BCUT2D eigenvalue weighted by molar-refractivity contribution is 6.13. The van der Waals surface area contributed by atoms with Gasteiger partial charge in [0, 0.05) is 82.6 Å². The third-order valence-electron chi connectivity index (χ3n) is 7.16. The van der Waals surface area contributed by atoms with Crippen molar-refractivity contribution >= 4 is 45.7 Å². The first-order valence-corrected chi connectivity index (χ1v) is 15.5. The monoisotopic (exact) mass is 625 g/mol. The van der Waals surface area contributed by atoms with E-state index >= 15 is 0 Å². The number of hydrogen-bond acceptors (Lipinski definition) is 10. The van der Waals surface area contributed by atoms with Gasteiger partial charge >= 0.3 is 0 Å². The van der Waals surface area contributed by atoms with Crippen molar-refractivity contribution in [2.24, 2.45) is 10.9 Å². The Hall–Kier alpha value is -3.87. The lowest BCUT2D eigenvalue weighted by Crippen LogP contribution is -2.35. The van der Waals surface area contributed by atoms with Crippen molar-refractivity contribution in [2.45, 2.75) is 40.0 Å². The Balaban J connectivity index is 0.000000707. The van der Waals surface area contributed by atoms with E-state index in [1.807, 2.05) is 24.4 Å². The van der Waals surface area contributed by atoms with Gasteiger partial charge in [-0.25, -0.2) is 0 Å². The minimum Gasteiger partial charge on any atom is -0.491 e. The van der Waals surface area contributed by atoms with E-state index in [4.69, 9.17) is 23.9 Å². The molecular weight excluding hydrogens is 578 g/mol. The van der Waals surface area contributed by atoms with Gasteiger partial charge in [-0.3, -0.25) is 29.3 Å². The van der Waals surface area contributed by atoms with E-state index in [1.54, 1.807) is 14.2 Å². The van der Waals surface area contributed by atoms with Crippen molar-refractivity contribution in [2.75, 3.05) is 78.3 Å². The number of carbonyl (C=O) groups excluding carboxylic acids is 3. The predicted octanol–water partition coefficient (Wildman–Crippen LogP) is 3.69. The van der Waals surface area contributed by atoms with Gasteiger partial charge in [-0.15, -0.1) is 0 Å². The first-order valence-electron chi connectivity index (χ1n) is 15.5. The molecule has 0 aliphatic carbocycles. The van der Waals surface area contributed by atoms with Crippen molar-refractivity contribution in [3.05, 3.63) is 36.5 Å². The van der Waals surface area contributed by atoms with Crippen LogP contribution in [0.5, 0.6) is 5.75 Å². The number of carbonyl (C=O) groups is 3. The van der Waals surface area contributed by atoms with Gasteiger partial charge in [0.15, 0.2) is 0 Å². The van der Waals surface area contributed by atoms with Gasteiger partial charge in [0.1, 0.15) is 18.0 Å². The van der Waals surface area contributed by atoms with Crippen LogP contribution in [0.25, 0.3) is 10.9 Å². The molecule has 0 saturated carbocycles. The Morgan fingerprint density at radius 3 is 2.44 bits per heavy atom. The molecule has 0 bridgehead atoms. The number of imide groups is 1. The van der Waals surface area contributed by atoms with Crippen LogP contribution in [0.1, 0.15) is 40.0 Å². The van der Waals surface area contributed by atoms with Gasteiger partial charge in [-0.05, 0) is 31.4 Å². The number of rotatable bonds is 17. The molecule has 4 rings (SSSR count). The molecule has 0 radical (unpaired) electrons.